The molecule has 0 aliphatic heterocycles. The highest BCUT2D eigenvalue weighted by Gasteiger charge is 2.14. The molecular formula is C22H20FN3O3. The molecule has 0 fully saturated rings. The molecule has 6 nitrogen and oxygen atoms in total. The predicted octanol–water partition coefficient (Wildman–Crippen LogP) is 3.80. The third-order valence-electron chi connectivity index (χ3n) is 4.09. The summed E-state index contributed by atoms with van der Waals surface area (Å²) in [5.74, 6) is -0.752. The fourth-order valence-electron chi connectivity index (χ4n) is 2.65. The van der Waals surface area contributed by atoms with Gasteiger partial charge in [0.2, 0.25) is 0 Å². The number of rotatable bonds is 7. The van der Waals surface area contributed by atoms with E-state index in [1.54, 1.807) is 42.5 Å². The quantitative estimate of drug-likeness (QED) is 0.640. The van der Waals surface area contributed by atoms with Gasteiger partial charge in [0.25, 0.3) is 11.8 Å². The number of pyridine rings is 1. The monoisotopic (exact) mass is 393 g/mol. The molecular weight excluding hydrogens is 373 g/mol. The molecule has 0 aliphatic carbocycles. The van der Waals surface area contributed by atoms with Crippen molar-refractivity contribution in [3.8, 4) is 5.75 Å². The number of aromatic nitrogens is 1. The van der Waals surface area contributed by atoms with Gasteiger partial charge in [-0.05, 0) is 37.3 Å². The summed E-state index contributed by atoms with van der Waals surface area (Å²) in [6, 6.07) is 16.1. The van der Waals surface area contributed by atoms with Gasteiger partial charge in [0.1, 0.15) is 17.3 Å². The Bertz CT molecular complexity index is 1020. The predicted molar refractivity (Wildman–Crippen MR) is 107 cm³/mol. The van der Waals surface area contributed by atoms with Crippen LogP contribution in [0.25, 0.3) is 0 Å². The second kappa shape index (κ2) is 9.45. The normalized spacial score (nSPS) is 10.3. The summed E-state index contributed by atoms with van der Waals surface area (Å²) in [6.45, 7) is 2.35. The van der Waals surface area contributed by atoms with Crippen LogP contribution < -0.4 is 15.4 Å². The minimum atomic E-state index is -0.471. The van der Waals surface area contributed by atoms with Crippen LogP contribution in [0.1, 0.15) is 33.3 Å². The highest BCUT2D eigenvalue weighted by atomic mass is 19.1. The van der Waals surface area contributed by atoms with Crippen molar-refractivity contribution in [2.45, 2.75) is 13.5 Å². The van der Waals surface area contributed by atoms with Gasteiger partial charge >= 0.3 is 0 Å². The van der Waals surface area contributed by atoms with E-state index in [1.165, 1.54) is 24.4 Å². The highest BCUT2D eigenvalue weighted by Crippen LogP contribution is 2.24. The zero-order valence-electron chi connectivity index (χ0n) is 15.8. The number of anilines is 1. The summed E-state index contributed by atoms with van der Waals surface area (Å²) in [6.07, 6.45) is 1.38. The average molecular weight is 393 g/mol. The number of hydrogen-bond donors (Lipinski definition) is 2. The van der Waals surface area contributed by atoms with Crippen molar-refractivity contribution in [2.75, 3.05) is 11.9 Å². The number of halogens is 1. The number of carbonyl (C=O) groups excluding carboxylic acids is 2. The summed E-state index contributed by atoms with van der Waals surface area (Å²) in [7, 11) is 0. The molecule has 3 aromatic rings. The number of amides is 2. The van der Waals surface area contributed by atoms with Gasteiger partial charge in [-0.3, -0.25) is 14.6 Å². The maximum Gasteiger partial charge on any atom is 0.274 e. The van der Waals surface area contributed by atoms with Crippen LogP contribution in [0.2, 0.25) is 0 Å². The Morgan fingerprint density at radius 2 is 1.79 bits per heavy atom. The van der Waals surface area contributed by atoms with Crippen LogP contribution in [0, 0.1) is 5.82 Å². The smallest absolute Gasteiger partial charge is 0.274 e. The van der Waals surface area contributed by atoms with E-state index in [-0.39, 0.29) is 17.8 Å². The van der Waals surface area contributed by atoms with Gasteiger partial charge in [0.15, 0.2) is 0 Å². The molecule has 1 heterocycles. The van der Waals surface area contributed by atoms with E-state index in [0.717, 1.165) is 0 Å². The van der Waals surface area contributed by atoms with E-state index < -0.39 is 17.6 Å². The van der Waals surface area contributed by atoms with Crippen molar-refractivity contribution >= 4 is 17.5 Å². The van der Waals surface area contributed by atoms with E-state index in [9.17, 15) is 14.0 Å². The Kier molecular flexibility index (Phi) is 6.52. The van der Waals surface area contributed by atoms with Crippen LogP contribution in [0.3, 0.4) is 0 Å². The number of hydrogen-bond acceptors (Lipinski definition) is 4. The fourth-order valence-corrected chi connectivity index (χ4v) is 2.65. The van der Waals surface area contributed by atoms with Crippen LogP contribution in [0.15, 0.2) is 66.9 Å². The summed E-state index contributed by atoms with van der Waals surface area (Å²) in [5.41, 5.74) is 1.21. The van der Waals surface area contributed by atoms with Gasteiger partial charge in [-0.2, -0.15) is 0 Å². The Morgan fingerprint density at radius 1 is 1.03 bits per heavy atom. The maximum absolute atomic E-state index is 13.7. The van der Waals surface area contributed by atoms with E-state index in [2.05, 4.69) is 15.6 Å². The van der Waals surface area contributed by atoms with Gasteiger partial charge in [-0.1, -0.05) is 30.3 Å². The third-order valence-corrected chi connectivity index (χ3v) is 4.09. The Hall–Kier alpha value is -3.74. The zero-order valence-corrected chi connectivity index (χ0v) is 15.8. The van der Waals surface area contributed by atoms with Gasteiger partial charge in [0.05, 0.1) is 12.3 Å². The van der Waals surface area contributed by atoms with Crippen molar-refractivity contribution < 1.29 is 18.7 Å². The van der Waals surface area contributed by atoms with E-state index in [4.69, 9.17) is 4.74 Å². The average Bonchev–Trinajstić information content (AvgIpc) is 2.74. The minimum absolute atomic E-state index is 0.0388. The molecule has 3 rings (SSSR count). The van der Waals surface area contributed by atoms with Crippen LogP contribution in [-0.2, 0) is 6.54 Å². The number of nitrogens with zero attached hydrogens (tertiary/aromatic N) is 1. The zero-order chi connectivity index (χ0) is 20.6. The lowest BCUT2D eigenvalue weighted by molar-refractivity contribution is 0.0950. The van der Waals surface area contributed by atoms with Crippen LogP contribution in [0.4, 0.5) is 10.1 Å². The minimum Gasteiger partial charge on any atom is -0.492 e. The lowest BCUT2D eigenvalue weighted by atomic mass is 10.1. The molecule has 0 unspecified atom stereocenters. The molecule has 148 valence electrons. The number of benzene rings is 2. The molecule has 0 atom stereocenters. The molecule has 1 aromatic heterocycles. The summed E-state index contributed by atoms with van der Waals surface area (Å²) in [4.78, 5) is 29.0. The first-order valence-corrected chi connectivity index (χ1v) is 9.09. The van der Waals surface area contributed by atoms with Crippen LogP contribution in [0.5, 0.6) is 5.75 Å². The number of carbonyl (C=O) groups is 2. The molecule has 7 heteroatoms. The van der Waals surface area contributed by atoms with Crippen LogP contribution >= 0.6 is 0 Å². The third kappa shape index (κ3) is 5.16. The molecule has 2 N–H and O–H groups in total. The van der Waals surface area contributed by atoms with Crippen LogP contribution in [-0.4, -0.2) is 23.4 Å². The van der Waals surface area contributed by atoms with Crippen molar-refractivity contribution in [3.05, 3.63) is 89.5 Å². The SMILES string of the molecule is CCOc1ccccc1NC(=O)c1cc(C(=O)NCc2ccccc2F)ccn1. The highest BCUT2D eigenvalue weighted by molar-refractivity contribution is 6.05. The first-order valence-electron chi connectivity index (χ1n) is 9.09. The molecule has 0 saturated carbocycles. The maximum atomic E-state index is 13.7. The molecule has 29 heavy (non-hydrogen) atoms. The van der Waals surface area contributed by atoms with E-state index in [0.29, 0.717) is 23.6 Å². The Morgan fingerprint density at radius 3 is 2.59 bits per heavy atom. The first-order chi connectivity index (χ1) is 14.1. The molecule has 0 bridgehead atoms. The van der Waals surface area contributed by atoms with Crippen molar-refractivity contribution in [1.82, 2.24) is 10.3 Å². The van der Waals surface area contributed by atoms with Gasteiger partial charge < -0.3 is 15.4 Å². The molecule has 0 spiro atoms. The molecule has 2 amide bonds. The summed E-state index contributed by atoms with van der Waals surface area (Å²) in [5, 5.41) is 5.37. The number of nitrogens with one attached hydrogen (secondary N) is 2. The number of para-hydroxylation sites is 2. The van der Waals surface area contributed by atoms with Crippen molar-refractivity contribution in [2.24, 2.45) is 0 Å². The number of ether oxygens (including phenoxy) is 1. The van der Waals surface area contributed by atoms with Crippen molar-refractivity contribution in [1.29, 1.82) is 0 Å². The first kappa shape index (κ1) is 20.0. The van der Waals surface area contributed by atoms with Crippen molar-refractivity contribution in [3.63, 3.8) is 0 Å². The lowest BCUT2D eigenvalue weighted by Gasteiger charge is -2.11. The molecule has 0 radical (unpaired) electrons. The van der Waals surface area contributed by atoms with Gasteiger partial charge in [-0.15, -0.1) is 0 Å². The second-order valence-corrected chi connectivity index (χ2v) is 6.09. The fraction of sp³-hybridized carbons (Fsp3) is 0.136. The Balaban J connectivity index is 1.69. The summed E-state index contributed by atoms with van der Waals surface area (Å²) >= 11 is 0. The standard InChI is InChI=1S/C22H20FN3O3/c1-2-29-20-10-6-5-9-18(20)26-22(28)19-13-15(11-12-24-19)21(27)25-14-16-7-3-4-8-17(16)23/h3-13H,2,14H2,1H3,(H,25,27)(H,26,28). The lowest BCUT2D eigenvalue weighted by Crippen LogP contribution is -2.24. The topological polar surface area (TPSA) is 80.3 Å². The van der Waals surface area contributed by atoms with Gasteiger partial charge in [0, 0.05) is 23.9 Å². The molecule has 0 saturated heterocycles. The second-order valence-electron chi connectivity index (χ2n) is 6.09. The Labute approximate surface area is 167 Å². The molecule has 2 aromatic carbocycles. The van der Waals surface area contributed by atoms with Gasteiger partial charge in [-0.25, -0.2) is 4.39 Å². The molecule has 0 aliphatic rings. The largest absolute Gasteiger partial charge is 0.492 e. The van der Waals surface area contributed by atoms with E-state index >= 15 is 0 Å². The van der Waals surface area contributed by atoms with E-state index in [1.807, 2.05) is 6.92 Å². The summed E-state index contributed by atoms with van der Waals surface area (Å²) < 4.78 is 19.2.